The van der Waals surface area contributed by atoms with E-state index >= 15 is 4.39 Å². The second kappa shape index (κ2) is 11.5. The van der Waals surface area contributed by atoms with Crippen molar-refractivity contribution < 1.29 is 23.4 Å². The van der Waals surface area contributed by atoms with Crippen molar-refractivity contribution >= 4 is 17.0 Å². The van der Waals surface area contributed by atoms with E-state index in [-0.39, 0.29) is 18.3 Å². The van der Waals surface area contributed by atoms with Crippen LogP contribution in [0.25, 0.3) is 22.3 Å². The number of benzene rings is 3. The summed E-state index contributed by atoms with van der Waals surface area (Å²) in [6.07, 6.45) is 1.29. The molecule has 6 rings (SSSR count). The summed E-state index contributed by atoms with van der Waals surface area (Å²) in [5.74, 6) is 0.435. The SMILES string of the molecule is COC(=O)c1ccc2nc(Cc3cc(C)c(-c4cccc(OCc5ccccc5)n4)cc3F)n(C[C@@H]3CCO3)c2c1. The van der Waals surface area contributed by atoms with Gasteiger partial charge in [-0.25, -0.2) is 19.2 Å². The van der Waals surface area contributed by atoms with Gasteiger partial charge < -0.3 is 18.8 Å². The summed E-state index contributed by atoms with van der Waals surface area (Å²) in [7, 11) is 1.36. The smallest absolute Gasteiger partial charge is 0.337 e. The lowest BCUT2D eigenvalue weighted by molar-refractivity contribution is -0.0589. The fourth-order valence-corrected chi connectivity index (χ4v) is 5.09. The fraction of sp³-hybridized carbons (Fsp3) is 0.242. The molecule has 1 fully saturated rings. The molecule has 1 atom stereocenters. The number of aryl methyl sites for hydroxylation is 1. The van der Waals surface area contributed by atoms with Gasteiger partial charge in [-0.3, -0.25) is 0 Å². The predicted octanol–water partition coefficient (Wildman–Crippen LogP) is 6.29. The van der Waals surface area contributed by atoms with E-state index in [9.17, 15) is 4.79 Å². The van der Waals surface area contributed by atoms with Crippen LogP contribution in [0.3, 0.4) is 0 Å². The molecule has 0 radical (unpaired) electrons. The average molecular weight is 552 g/mol. The van der Waals surface area contributed by atoms with Gasteiger partial charge in [-0.2, -0.15) is 0 Å². The Morgan fingerprint density at radius 2 is 1.88 bits per heavy atom. The van der Waals surface area contributed by atoms with Crippen molar-refractivity contribution in [2.75, 3.05) is 13.7 Å². The molecule has 3 aromatic carbocycles. The number of pyridine rings is 1. The van der Waals surface area contributed by atoms with Gasteiger partial charge in [-0.05, 0) is 60.4 Å². The number of carbonyl (C=O) groups is 1. The Labute approximate surface area is 237 Å². The van der Waals surface area contributed by atoms with E-state index in [4.69, 9.17) is 19.2 Å². The third-order valence-corrected chi connectivity index (χ3v) is 7.40. The number of hydrogen-bond donors (Lipinski definition) is 0. The van der Waals surface area contributed by atoms with Gasteiger partial charge in [0, 0.05) is 24.7 Å². The molecule has 1 saturated heterocycles. The highest BCUT2D eigenvalue weighted by molar-refractivity contribution is 5.93. The fourth-order valence-electron chi connectivity index (χ4n) is 5.09. The molecule has 5 aromatic rings. The molecule has 0 N–H and O–H groups in total. The van der Waals surface area contributed by atoms with E-state index in [1.807, 2.05) is 60.0 Å². The summed E-state index contributed by atoms with van der Waals surface area (Å²) in [6, 6.07) is 24.1. The van der Waals surface area contributed by atoms with Crippen LogP contribution in [0.2, 0.25) is 0 Å². The molecule has 2 aromatic heterocycles. The lowest BCUT2D eigenvalue weighted by Gasteiger charge is -2.27. The molecule has 7 nitrogen and oxygen atoms in total. The molecule has 0 spiro atoms. The summed E-state index contributed by atoms with van der Waals surface area (Å²) in [4.78, 5) is 21.6. The van der Waals surface area contributed by atoms with Gasteiger partial charge in [0.1, 0.15) is 18.2 Å². The first-order valence-corrected chi connectivity index (χ1v) is 13.6. The normalized spacial score (nSPS) is 14.6. The number of hydrogen-bond acceptors (Lipinski definition) is 6. The van der Waals surface area contributed by atoms with Gasteiger partial charge in [0.15, 0.2) is 0 Å². The number of imidazole rings is 1. The van der Waals surface area contributed by atoms with E-state index in [1.54, 1.807) is 24.3 Å². The van der Waals surface area contributed by atoms with Crippen LogP contribution in [0, 0.1) is 12.7 Å². The number of nitrogens with zero attached hydrogens (tertiary/aromatic N) is 3. The van der Waals surface area contributed by atoms with Gasteiger partial charge in [0.2, 0.25) is 5.88 Å². The van der Waals surface area contributed by atoms with Crippen molar-refractivity contribution in [3.8, 4) is 17.1 Å². The topological polar surface area (TPSA) is 75.5 Å². The molecule has 8 heteroatoms. The second-order valence-electron chi connectivity index (χ2n) is 10.2. The molecule has 0 unspecified atom stereocenters. The van der Waals surface area contributed by atoms with Gasteiger partial charge in [0.05, 0.1) is 42.0 Å². The molecule has 208 valence electrons. The Morgan fingerprint density at radius 3 is 2.63 bits per heavy atom. The Bertz CT molecular complexity index is 1710. The van der Waals surface area contributed by atoms with Gasteiger partial charge in [0.25, 0.3) is 0 Å². The zero-order valence-corrected chi connectivity index (χ0v) is 23.0. The van der Waals surface area contributed by atoms with Crippen LogP contribution in [0.4, 0.5) is 4.39 Å². The number of rotatable bonds is 9. The number of methoxy groups -OCH3 is 1. The maximum absolute atomic E-state index is 15.6. The minimum Gasteiger partial charge on any atom is -0.473 e. The molecule has 0 bridgehead atoms. The average Bonchev–Trinajstić information content (AvgIpc) is 3.31. The van der Waals surface area contributed by atoms with Crippen LogP contribution in [0.1, 0.15) is 39.3 Å². The number of ether oxygens (including phenoxy) is 3. The summed E-state index contributed by atoms with van der Waals surface area (Å²) < 4.78 is 34.1. The lowest BCUT2D eigenvalue weighted by Crippen LogP contribution is -2.31. The summed E-state index contributed by atoms with van der Waals surface area (Å²) >= 11 is 0. The highest BCUT2D eigenvalue weighted by atomic mass is 19.1. The largest absolute Gasteiger partial charge is 0.473 e. The van der Waals surface area contributed by atoms with Crippen LogP contribution >= 0.6 is 0 Å². The van der Waals surface area contributed by atoms with Crippen LogP contribution < -0.4 is 4.74 Å². The van der Waals surface area contributed by atoms with Gasteiger partial charge >= 0.3 is 5.97 Å². The molecule has 1 aliphatic rings. The third kappa shape index (κ3) is 5.69. The van der Waals surface area contributed by atoms with E-state index in [1.165, 1.54) is 13.2 Å². The third-order valence-electron chi connectivity index (χ3n) is 7.40. The minimum atomic E-state index is -0.415. The number of fused-ring (bicyclic) bond motifs is 1. The van der Waals surface area contributed by atoms with Gasteiger partial charge in [-0.1, -0.05) is 42.5 Å². The zero-order chi connectivity index (χ0) is 28.3. The summed E-state index contributed by atoms with van der Waals surface area (Å²) in [6.45, 7) is 3.65. The van der Waals surface area contributed by atoms with E-state index < -0.39 is 5.97 Å². The standard InChI is InChI=1S/C33H30FN3O4/c1-21-15-24(27(34)18-26(21)28-9-6-10-32(36-28)41-20-22-7-4-3-5-8-22)17-31-35-29-12-11-23(33(38)39-2)16-30(29)37(31)19-25-13-14-40-25/h3-12,15-16,18,25H,13-14,17,19-20H2,1-2H3/t25-/m0/s1. The van der Waals surface area contributed by atoms with Crippen LogP contribution in [-0.2, 0) is 29.0 Å². The summed E-state index contributed by atoms with van der Waals surface area (Å²) in [5.41, 5.74) is 5.78. The summed E-state index contributed by atoms with van der Waals surface area (Å²) in [5, 5.41) is 0. The highest BCUT2D eigenvalue weighted by Gasteiger charge is 2.23. The number of aromatic nitrogens is 3. The molecule has 0 saturated carbocycles. The van der Waals surface area contributed by atoms with Crippen LogP contribution in [0.15, 0.2) is 78.9 Å². The first-order valence-electron chi connectivity index (χ1n) is 13.6. The van der Waals surface area contributed by atoms with E-state index in [2.05, 4.69) is 4.98 Å². The number of esters is 1. The molecule has 0 aliphatic carbocycles. The van der Waals surface area contributed by atoms with E-state index in [0.717, 1.165) is 35.2 Å². The Kier molecular flexibility index (Phi) is 7.48. The predicted molar refractivity (Wildman–Crippen MR) is 153 cm³/mol. The molecular formula is C33H30FN3O4. The number of carbonyl (C=O) groups excluding carboxylic acids is 1. The van der Waals surface area contributed by atoms with Crippen LogP contribution in [-0.4, -0.2) is 40.3 Å². The molecule has 1 aliphatic heterocycles. The maximum atomic E-state index is 15.6. The van der Waals surface area contributed by atoms with Crippen molar-refractivity contribution in [1.29, 1.82) is 0 Å². The van der Waals surface area contributed by atoms with Crippen LogP contribution in [0.5, 0.6) is 5.88 Å². The van der Waals surface area contributed by atoms with E-state index in [0.29, 0.717) is 47.2 Å². The number of halogens is 1. The highest BCUT2D eigenvalue weighted by Crippen LogP contribution is 2.29. The Morgan fingerprint density at radius 1 is 1.05 bits per heavy atom. The molecule has 0 amide bonds. The lowest BCUT2D eigenvalue weighted by atomic mass is 9.99. The quantitative estimate of drug-likeness (QED) is 0.201. The van der Waals surface area contributed by atoms with Crippen molar-refractivity contribution in [3.63, 3.8) is 0 Å². The van der Waals surface area contributed by atoms with Gasteiger partial charge in [-0.15, -0.1) is 0 Å². The first kappa shape index (κ1) is 26.7. The first-order chi connectivity index (χ1) is 20.0. The second-order valence-corrected chi connectivity index (χ2v) is 10.2. The van der Waals surface area contributed by atoms with Crippen molar-refractivity contribution in [1.82, 2.24) is 14.5 Å². The maximum Gasteiger partial charge on any atom is 0.337 e. The van der Waals surface area contributed by atoms with Crippen molar-refractivity contribution in [2.45, 2.75) is 39.0 Å². The molecular weight excluding hydrogens is 521 g/mol. The van der Waals surface area contributed by atoms with Crippen molar-refractivity contribution in [2.24, 2.45) is 0 Å². The molecule has 3 heterocycles. The minimum absolute atomic E-state index is 0.0596. The monoisotopic (exact) mass is 551 g/mol. The van der Waals surface area contributed by atoms with Crippen molar-refractivity contribution in [3.05, 3.63) is 113 Å². The Balaban J connectivity index is 1.28. The zero-order valence-electron chi connectivity index (χ0n) is 23.0. The Hall–Kier alpha value is -4.56. The molecule has 41 heavy (non-hydrogen) atoms.